The Hall–Kier alpha value is -1.68. The minimum absolute atomic E-state index is 0.357. The van der Waals surface area contributed by atoms with Crippen molar-refractivity contribution >= 4 is 17.4 Å². The molecule has 5 heteroatoms. The summed E-state index contributed by atoms with van der Waals surface area (Å²) < 4.78 is 10.7. The van der Waals surface area contributed by atoms with Crippen LogP contribution in [-0.2, 0) is 0 Å². The van der Waals surface area contributed by atoms with Gasteiger partial charge in [-0.25, -0.2) is 0 Å². The van der Waals surface area contributed by atoms with Crippen LogP contribution in [0.1, 0.15) is 12.8 Å². The van der Waals surface area contributed by atoms with Crippen LogP contribution >= 0.6 is 11.6 Å². The molecule has 0 atom stereocenters. The molecule has 1 saturated carbocycles. The molecule has 4 nitrogen and oxygen atoms in total. The summed E-state index contributed by atoms with van der Waals surface area (Å²) >= 11 is 6.17. The van der Waals surface area contributed by atoms with Crippen molar-refractivity contribution in [2.75, 3.05) is 12.3 Å². The van der Waals surface area contributed by atoms with Crippen molar-refractivity contribution in [2.45, 2.75) is 12.8 Å². The number of nitrogens with zero attached hydrogens (tertiary/aromatic N) is 1. The number of benzene rings is 1. The van der Waals surface area contributed by atoms with Gasteiger partial charge in [-0.05, 0) is 37.0 Å². The molecule has 94 valence electrons. The zero-order chi connectivity index (χ0) is 12.5. The van der Waals surface area contributed by atoms with Crippen LogP contribution in [0, 0.1) is 5.92 Å². The molecule has 0 radical (unpaired) electrons. The first-order valence-electron chi connectivity index (χ1n) is 5.87. The van der Waals surface area contributed by atoms with E-state index in [-0.39, 0.29) is 0 Å². The van der Waals surface area contributed by atoms with E-state index < -0.39 is 0 Å². The maximum Gasteiger partial charge on any atom is 0.169 e. The van der Waals surface area contributed by atoms with Crippen molar-refractivity contribution in [1.29, 1.82) is 0 Å². The first-order valence-corrected chi connectivity index (χ1v) is 6.25. The smallest absolute Gasteiger partial charge is 0.169 e. The monoisotopic (exact) mass is 264 g/mol. The number of halogens is 1. The number of nitrogens with two attached hydrogens (primary N) is 1. The summed E-state index contributed by atoms with van der Waals surface area (Å²) in [7, 11) is 0. The molecule has 1 aromatic carbocycles. The van der Waals surface area contributed by atoms with Crippen molar-refractivity contribution in [3.63, 3.8) is 0 Å². The van der Waals surface area contributed by atoms with Gasteiger partial charge >= 0.3 is 0 Å². The second-order valence-electron chi connectivity index (χ2n) is 4.52. The Morgan fingerprint density at radius 2 is 2.22 bits per heavy atom. The summed E-state index contributed by atoms with van der Waals surface area (Å²) in [5.41, 5.74) is 6.35. The molecular formula is C13H13ClN2O2. The SMILES string of the molecule is Nc1cc(-c2ccc(OCC3CC3)c(Cl)c2)on1. The zero-order valence-electron chi connectivity index (χ0n) is 9.73. The molecule has 0 bridgehead atoms. The summed E-state index contributed by atoms with van der Waals surface area (Å²) in [5, 5.41) is 4.21. The average Bonchev–Trinajstić information content (AvgIpc) is 3.08. The number of rotatable bonds is 4. The van der Waals surface area contributed by atoms with Crippen molar-refractivity contribution in [1.82, 2.24) is 5.16 Å². The second-order valence-corrected chi connectivity index (χ2v) is 4.92. The van der Waals surface area contributed by atoms with Crippen LogP contribution in [0.25, 0.3) is 11.3 Å². The molecule has 0 saturated heterocycles. The van der Waals surface area contributed by atoms with Gasteiger partial charge in [0, 0.05) is 11.6 Å². The van der Waals surface area contributed by atoms with Crippen molar-refractivity contribution in [3.8, 4) is 17.1 Å². The number of ether oxygens (including phenoxy) is 1. The van der Waals surface area contributed by atoms with E-state index in [1.807, 2.05) is 12.1 Å². The van der Waals surface area contributed by atoms with Crippen LogP contribution in [-0.4, -0.2) is 11.8 Å². The number of aromatic nitrogens is 1. The largest absolute Gasteiger partial charge is 0.492 e. The maximum absolute atomic E-state index is 6.17. The highest BCUT2D eigenvalue weighted by Crippen LogP contribution is 2.34. The summed E-state index contributed by atoms with van der Waals surface area (Å²) in [6.45, 7) is 0.744. The minimum atomic E-state index is 0.357. The van der Waals surface area contributed by atoms with E-state index in [0.717, 1.165) is 12.2 Å². The Labute approximate surface area is 110 Å². The van der Waals surface area contributed by atoms with E-state index in [2.05, 4.69) is 5.16 Å². The molecule has 0 amide bonds. The molecule has 2 N–H and O–H groups in total. The van der Waals surface area contributed by atoms with E-state index in [0.29, 0.717) is 28.3 Å². The standard InChI is InChI=1S/C13H13ClN2O2/c14-10-5-9(12-6-13(15)16-18-12)3-4-11(10)17-7-8-1-2-8/h3-6,8H,1-2,7H2,(H2,15,16). The fraction of sp³-hybridized carbons (Fsp3) is 0.308. The van der Waals surface area contributed by atoms with Gasteiger partial charge in [-0.2, -0.15) is 0 Å². The van der Waals surface area contributed by atoms with Crippen LogP contribution < -0.4 is 10.5 Å². The Bertz CT molecular complexity index is 564. The van der Waals surface area contributed by atoms with Gasteiger partial charge in [0.2, 0.25) is 0 Å². The third-order valence-corrected chi connectivity index (χ3v) is 3.21. The molecule has 1 aliphatic rings. The fourth-order valence-corrected chi connectivity index (χ4v) is 1.92. The number of hydrogen-bond acceptors (Lipinski definition) is 4. The molecule has 1 fully saturated rings. The average molecular weight is 265 g/mol. The first-order chi connectivity index (χ1) is 8.72. The van der Waals surface area contributed by atoms with Crippen LogP contribution in [0.15, 0.2) is 28.8 Å². The predicted molar refractivity (Wildman–Crippen MR) is 69.6 cm³/mol. The zero-order valence-corrected chi connectivity index (χ0v) is 10.5. The third-order valence-electron chi connectivity index (χ3n) is 2.92. The second kappa shape index (κ2) is 4.53. The van der Waals surface area contributed by atoms with Crippen molar-refractivity contribution in [3.05, 3.63) is 29.3 Å². The number of nitrogen functional groups attached to an aromatic ring is 1. The third kappa shape index (κ3) is 2.43. The molecule has 2 aromatic rings. The Morgan fingerprint density at radius 3 is 2.83 bits per heavy atom. The highest BCUT2D eigenvalue weighted by atomic mass is 35.5. The first kappa shape index (κ1) is 11.4. The van der Waals surface area contributed by atoms with Crippen molar-refractivity contribution < 1.29 is 9.26 Å². The lowest BCUT2D eigenvalue weighted by Gasteiger charge is -2.07. The molecule has 1 aliphatic carbocycles. The quantitative estimate of drug-likeness (QED) is 0.920. The van der Waals surface area contributed by atoms with Gasteiger partial charge in [0.05, 0.1) is 11.6 Å². The van der Waals surface area contributed by atoms with Gasteiger partial charge in [-0.1, -0.05) is 16.8 Å². The van der Waals surface area contributed by atoms with Gasteiger partial charge in [-0.3, -0.25) is 0 Å². The molecule has 18 heavy (non-hydrogen) atoms. The van der Waals surface area contributed by atoms with E-state index in [4.69, 9.17) is 26.6 Å². The van der Waals surface area contributed by atoms with Gasteiger partial charge in [-0.15, -0.1) is 0 Å². The van der Waals surface area contributed by atoms with Crippen LogP contribution in [0.5, 0.6) is 5.75 Å². The molecule has 0 unspecified atom stereocenters. The maximum atomic E-state index is 6.17. The van der Waals surface area contributed by atoms with Gasteiger partial charge in [0.1, 0.15) is 5.75 Å². The summed E-state index contributed by atoms with van der Waals surface area (Å²) in [6.07, 6.45) is 2.51. The highest BCUT2D eigenvalue weighted by molar-refractivity contribution is 6.32. The van der Waals surface area contributed by atoms with E-state index in [1.54, 1.807) is 12.1 Å². The topological polar surface area (TPSA) is 61.3 Å². The van der Waals surface area contributed by atoms with Gasteiger partial charge < -0.3 is 15.0 Å². The molecule has 3 rings (SSSR count). The normalized spacial score (nSPS) is 14.7. The Morgan fingerprint density at radius 1 is 1.39 bits per heavy atom. The lowest BCUT2D eigenvalue weighted by atomic mass is 10.1. The van der Waals surface area contributed by atoms with Crippen LogP contribution in [0.4, 0.5) is 5.82 Å². The Kier molecular flexibility index (Phi) is 2.88. The van der Waals surface area contributed by atoms with E-state index in [1.165, 1.54) is 12.8 Å². The van der Waals surface area contributed by atoms with E-state index >= 15 is 0 Å². The van der Waals surface area contributed by atoms with Crippen LogP contribution in [0.3, 0.4) is 0 Å². The minimum Gasteiger partial charge on any atom is -0.492 e. The van der Waals surface area contributed by atoms with Gasteiger partial charge in [0.15, 0.2) is 11.6 Å². The Balaban J connectivity index is 1.79. The lowest BCUT2D eigenvalue weighted by Crippen LogP contribution is -1.99. The van der Waals surface area contributed by atoms with Crippen molar-refractivity contribution in [2.24, 2.45) is 5.92 Å². The molecule has 0 spiro atoms. The fourth-order valence-electron chi connectivity index (χ4n) is 1.69. The summed E-state index contributed by atoms with van der Waals surface area (Å²) in [4.78, 5) is 0. The summed E-state index contributed by atoms with van der Waals surface area (Å²) in [5.74, 6) is 2.37. The molecule has 1 heterocycles. The molecule has 1 aromatic heterocycles. The van der Waals surface area contributed by atoms with Crippen LogP contribution in [0.2, 0.25) is 5.02 Å². The number of anilines is 1. The van der Waals surface area contributed by atoms with Gasteiger partial charge in [0.25, 0.3) is 0 Å². The molecule has 0 aliphatic heterocycles. The lowest BCUT2D eigenvalue weighted by molar-refractivity contribution is 0.300. The van der Waals surface area contributed by atoms with E-state index in [9.17, 15) is 0 Å². The molecular weight excluding hydrogens is 252 g/mol. The highest BCUT2D eigenvalue weighted by Gasteiger charge is 2.22. The predicted octanol–water partition coefficient (Wildman–Crippen LogP) is 3.37. The summed E-state index contributed by atoms with van der Waals surface area (Å²) in [6, 6.07) is 7.19. The number of hydrogen-bond donors (Lipinski definition) is 1.